The van der Waals surface area contributed by atoms with Crippen molar-refractivity contribution in [1.29, 1.82) is 0 Å². The average molecular weight is 391 g/mol. The van der Waals surface area contributed by atoms with Crippen LogP contribution in [0.5, 0.6) is 5.75 Å². The van der Waals surface area contributed by atoms with Crippen molar-refractivity contribution in [1.82, 2.24) is 14.4 Å². The Kier molecular flexibility index (Phi) is 5.19. The van der Waals surface area contributed by atoms with Crippen LogP contribution >= 0.6 is 0 Å². The van der Waals surface area contributed by atoms with E-state index in [1.807, 2.05) is 0 Å². The normalized spacial score (nSPS) is 19.4. The Balaban J connectivity index is 1.68. The number of hydrogen-bond donors (Lipinski definition) is 0. The molecule has 0 amide bonds. The van der Waals surface area contributed by atoms with Crippen molar-refractivity contribution in [2.24, 2.45) is 0 Å². The lowest BCUT2D eigenvalue weighted by Crippen LogP contribution is -2.27. The summed E-state index contributed by atoms with van der Waals surface area (Å²) in [5, 5.41) is 4.12. The van der Waals surface area contributed by atoms with Crippen LogP contribution < -0.4 is 4.74 Å². The summed E-state index contributed by atoms with van der Waals surface area (Å²) in [5.74, 6) is 1.85. The van der Waals surface area contributed by atoms with Crippen molar-refractivity contribution in [2.75, 3.05) is 20.2 Å². The molecule has 146 valence electrons. The summed E-state index contributed by atoms with van der Waals surface area (Å²) in [6.07, 6.45) is 7.52. The number of benzene rings is 1. The van der Waals surface area contributed by atoms with Gasteiger partial charge in [-0.2, -0.15) is 9.29 Å². The highest BCUT2D eigenvalue weighted by molar-refractivity contribution is 7.89. The quantitative estimate of drug-likeness (QED) is 0.774. The van der Waals surface area contributed by atoms with Gasteiger partial charge in [0.1, 0.15) is 5.75 Å². The Morgan fingerprint density at radius 2 is 1.85 bits per heavy atom. The van der Waals surface area contributed by atoms with Crippen molar-refractivity contribution in [3.05, 3.63) is 24.1 Å². The van der Waals surface area contributed by atoms with Crippen LogP contribution in [0.2, 0.25) is 0 Å². The largest absolute Gasteiger partial charge is 0.496 e. The third-order valence-corrected chi connectivity index (χ3v) is 7.41. The standard InChI is InChI=1S/C19H25N3O4S/c1-25-17-10-9-15(27(23,24)22-11-5-6-12-22)13-16(17)18-20-19(26-21-18)14-7-3-2-4-8-14/h9-10,13-14H,2-8,11-12H2,1H3. The second-order valence-corrected chi connectivity index (χ2v) is 9.20. The van der Waals surface area contributed by atoms with Crippen LogP contribution in [0.4, 0.5) is 0 Å². The fraction of sp³-hybridized carbons (Fsp3) is 0.579. The van der Waals surface area contributed by atoms with Crippen molar-refractivity contribution in [3.8, 4) is 17.1 Å². The van der Waals surface area contributed by atoms with E-state index in [0.717, 1.165) is 25.7 Å². The summed E-state index contributed by atoms with van der Waals surface area (Å²) in [6.45, 7) is 1.13. The predicted molar refractivity (Wildman–Crippen MR) is 100 cm³/mol. The van der Waals surface area contributed by atoms with Crippen LogP contribution in [0.1, 0.15) is 56.8 Å². The molecule has 1 saturated carbocycles. The first-order chi connectivity index (χ1) is 13.1. The summed E-state index contributed by atoms with van der Waals surface area (Å²) < 4.78 is 38.2. The van der Waals surface area contributed by atoms with Gasteiger partial charge in [-0.15, -0.1) is 0 Å². The van der Waals surface area contributed by atoms with E-state index in [0.29, 0.717) is 42.0 Å². The number of aromatic nitrogens is 2. The molecule has 1 aromatic carbocycles. The molecule has 2 fully saturated rings. The van der Waals surface area contributed by atoms with E-state index < -0.39 is 10.0 Å². The predicted octanol–water partition coefficient (Wildman–Crippen LogP) is 3.58. The molecule has 1 aliphatic heterocycles. The van der Waals surface area contributed by atoms with Gasteiger partial charge in [0.2, 0.25) is 21.7 Å². The van der Waals surface area contributed by atoms with Gasteiger partial charge in [-0.05, 0) is 43.9 Å². The molecule has 1 aliphatic carbocycles. The highest BCUT2D eigenvalue weighted by Crippen LogP contribution is 2.35. The minimum Gasteiger partial charge on any atom is -0.496 e. The molecular formula is C19H25N3O4S. The highest BCUT2D eigenvalue weighted by atomic mass is 32.2. The Labute approximate surface area is 159 Å². The summed E-state index contributed by atoms with van der Waals surface area (Å²) in [6, 6.07) is 4.84. The van der Waals surface area contributed by atoms with E-state index in [-0.39, 0.29) is 4.90 Å². The Morgan fingerprint density at radius 3 is 2.56 bits per heavy atom. The number of hydrogen-bond acceptors (Lipinski definition) is 6. The Morgan fingerprint density at radius 1 is 1.11 bits per heavy atom. The monoisotopic (exact) mass is 391 g/mol. The first kappa shape index (κ1) is 18.4. The first-order valence-electron chi connectivity index (χ1n) is 9.62. The van der Waals surface area contributed by atoms with E-state index in [9.17, 15) is 8.42 Å². The molecule has 7 nitrogen and oxygen atoms in total. The molecule has 2 aliphatic rings. The molecule has 0 spiro atoms. The molecule has 1 aromatic heterocycles. The van der Waals surface area contributed by atoms with Crippen LogP contribution in [-0.4, -0.2) is 43.1 Å². The van der Waals surface area contributed by atoms with Gasteiger partial charge in [-0.25, -0.2) is 8.42 Å². The van der Waals surface area contributed by atoms with E-state index in [4.69, 9.17) is 9.26 Å². The third kappa shape index (κ3) is 3.60. The maximum Gasteiger partial charge on any atom is 0.243 e. The van der Waals surface area contributed by atoms with Gasteiger partial charge in [0.15, 0.2) is 0 Å². The SMILES string of the molecule is COc1ccc(S(=O)(=O)N2CCCC2)cc1-c1noc(C2CCCCC2)n1. The second-order valence-electron chi connectivity index (χ2n) is 7.26. The summed E-state index contributed by atoms with van der Waals surface area (Å²) >= 11 is 0. The molecule has 0 unspecified atom stereocenters. The molecule has 2 heterocycles. The fourth-order valence-corrected chi connectivity index (χ4v) is 5.50. The lowest BCUT2D eigenvalue weighted by atomic mass is 9.89. The zero-order chi connectivity index (χ0) is 18.9. The molecule has 0 N–H and O–H groups in total. The van der Waals surface area contributed by atoms with E-state index in [1.54, 1.807) is 25.3 Å². The van der Waals surface area contributed by atoms with Crippen molar-refractivity contribution >= 4 is 10.0 Å². The number of rotatable bonds is 5. The zero-order valence-electron chi connectivity index (χ0n) is 15.6. The van der Waals surface area contributed by atoms with Crippen molar-refractivity contribution in [3.63, 3.8) is 0 Å². The minimum atomic E-state index is -3.52. The Hall–Kier alpha value is -1.93. The van der Waals surface area contributed by atoms with Crippen LogP contribution in [0.3, 0.4) is 0 Å². The average Bonchev–Trinajstić information content (AvgIpc) is 3.40. The molecule has 0 bridgehead atoms. The van der Waals surface area contributed by atoms with Gasteiger partial charge < -0.3 is 9.26 Å². The maximum atomic E-state index is 12.9. The summed E-state index contributed by atoms with van der Waals surface area (Å²) in [7, 11) is -1.97. The first-order valence-corrected chi connectivity index (χ1v) is 11.1. The smallest absolute Gasteiger partial charge is 0.243 e. The number of methoxy groups -OCH3 is 1. The number of ether oxygens (including phenoxy) is 1. The summed E-state index contributed by atoms with van der Waals surface area (Å²) in [5.41, 5.74) is 0.545. The molecular weight excluding hydrogens is 366 g/mol. The number of nitrogens with zero attached hydrogens (tertiary/aromatic N) is 3. The second kappa shape index (κ2) is 7.59. The van der Waals surface area contributed by atoms with Crippen LogP contribution in [0.25, 0.3) is 11.4 Å². The van der Waals surface area contributed by atoms with Crippen LogP contribution in [0, 0.1) is 0 Å². The maximum absolute atomic E-state index is 12.9. The van der Waals surface area contributed by atoms with Gasteiger partial charge in [0.05, 0.1) is 17.6 Å². The minimum absolute atomic E-state index is 0.240. The number of sulfonamides is 1. The molecule has 0 radical (unpaired) electrons. The fourth-order valence-electron chi connectivity index (χ4n) is 3.96. The van der Waals surface area contributed by atoms with Gasteiger partial charge in [0.25, 0.3) is 0 Å². The highest BCUT2D eigenvalue weighted by Gasteiger charge is 2.29. The molecule has 4 rings (SSSR count). The van der Waals surface area contributed by atoms with Gasteiger partial charge in [0, 0.05) is 19.0 Å². The molecule has 27 heavy (non-hydrogen) atoms. The van der Waals surface area contributed by atoms with Gasteiger partial charge in [-0.1, -0.05) is 24.4 Å². The zero-order valence-corrected chi connectivity index (χ0v) is 16.4. The topological polar surface area (TPSA) is 85.5 Å². The van der Waals surface area contributed by atoms with Crippen molar-refractivity contribution in [2.45, 2.75) is 55.8 Å². The van der Waals surface area contributed by atoms with E-state index in [1.165, 1.54) is 23.6 Å². The van der Waals surface area contributed by atoms with Crippen LogP contribution in [-0.2, 0) is 10.0 Å². The Bertz CT molecular complexity index is 897. The van der Waals surface area contributed by atoms with E-state index in [2.05, 4.69) is 10.1 Å². The van der Waals surface area contributed by atoms with Gasteiger partial charge in [-0.3, -0.25) is 0 Å². The van der Waals surface area contributed by atoms with Crippen molar-refractivity contribution < 1.29 is 17.7 Å². The lowest BCUT2D eigenvalue weighted by Gasteiger charge is -2.17. The molecule has 1 saturated heterocycles. The molecule has 0 atom stereocenters. The third-order valence-electron chi connectivity index (χ3n) is 5.51. The summed E-state index contributed by atoms with van der Waals surface area (Å²) in [4.78, 5) is 4.81. The van der Waals surface area contributed by atoms with Crippen LogP contribution in [0.15, 0.2) is 27.6 Å². The lowest BCUT2D eigenvalue weighted by molar-refractivity contribution is 0.314. The van der Waals surface area contributed by atoms with E-state index >= 15 is 0 Å². The van der Waals surface area contributed by atoms with Gasteiger partial charge >= 0.3 is 0 Å². The molecule has 8 heteroatoms. The molecule has 2 aromatic rings.